The number of nitrogens with zero attached hydrogens (tertiary/aromatic N) is 1. The second-order valence-electron chi connectivity index (χ2n) is 12.9. The predicted octanol–water partition coefficient (Wildman–Crippen LogP) is 12.9. The zero-order valence-electron chi connectivity index (χ0n) is 25.5. The highest BCUT2D eigenvalue weighted by Crippen LogP contribution is 2.55. The monoisotopic (exact) mass is 607 g/mol. The van der Waals surface area contributed by atoms with Crippen molar-refractivity contribution in [3.63, 3.8) is 0 Å². The van der Waals surface area contributed by atoms with Crippen LogP contribution in [0.25, 0.3) is 64.0 Å². The maximum absolute atomic E-state index is 6.32. The fourth-order valence-electron chi connectivity index (χ4n) is 7.86. The van der Waals surface area contributed by atoms with Gasteiger partial charge in [0.2, 0.25) is 0 Å². The SMILES string of the molecule is CC1(C)c2ccccc2-c2c(N(c3ccc4sc5ccccc5c4c3)c3cccc4cc5oc6ccccc6c5cc34)cccc21. The molecule has 3 heteroatoms. The molecule has 2 heterocycles. The van der Waals surface area contributed by atoms with Gasteiger partial charge < -0.3 is 9.32 Å². The molecule has 0 amide bonds. The van der Waals surface area contributed by atoms with E-state index in [2.05, 4.69) is 152 Å². The van der Waals surface area contributed by atoms with Gasteiger partial charge in [-0.2, -0.15) is 0 Å². The smallest absolute Gasteiger partial charge is 0.136 e. The average molecular weight is 608 g/mol. The Morgan fingerprint density at radius 1 is 0.522 bits per heavy atom. The predicted molar refractivity (Wildman–Crippen MR) is 196 cm³/mol. The van der Waals surface area contributed by atoms with E-state index in [1.165, 1.54) is 53.5 Å². The van der Waals surface area contributed by atoms with Crippen molar-refractivity contribution in [1.82, 2.24) is 0 Å². The van der Waals surface area contributed by atoms with Gasteiger partial charge in [-0.3, -0.25) is 0 Å². The van der Waals surface area contributed by atoms with Crippen molar-refractivity contribution >= 4 is 81.3 Å². The number of benzene rings is 7. The van der Waals surface area contributed by atoms with Crippen LogP contribution in [0.3, 0.4) is 0 Å². The van der Waals surface area contributed by atoms with Crippen LogP contribution in [0.5, 0.6) is 0 Å². The summed E-state index contributed by atoms with van der Waals surface area (Å²) in [4.78, 5) is 2.50. The maximum atomic E-state index is 6.32. The largest absolute Gasteiger partial charge is 0.456 e. The van der Waals surface area contributed by atoms with Crippen molar-refractivity contribution in [3.05, 3.63) is 151 Å². The van der Waals surface area contributed by atoms with Crippen molar-refractivity contribution in [3.8, 4) is 11.1 Å². The number of furan rings is 1. The van der Waals surface area contributed by atoms with Gasteiger partial charge in [-0.25, -0.2) is 0 Å². The highest BCUT2D eigenvalue weighted by molar-refractivity contribution is 7.25. The highest BCUT2D eigenvalue weighted by atomic mass is 32.1. The van der Waals surface area contributed by atoms with Gasteiger partial charge in [-0.1, -0.05) is 98.8 Å². The number of rotatable bonds is 3. The van der Waals surface area contributed by atoms with Gasteiger partial charge in [0.25, 0.3) is 0 Å². The molecule has 0 N–H and O–H groups in total. The molecule has 10 rings (SSSR count). The Bertz CT molecular complexity index is 2690. The molecule has 46 heavy (non-hydrogen) atoms. The second-order valence-corrected chi connectivity index (χ2v) is 14.0. The average Bonchev–Trinajstić information content (AvgIpc) is 3.72. The van der Waals surface area contributed by atoms with E-state index >= 15 is 0 Å². The van der Waals surface area contributed by atoms with E-state index in [1.54, 1.807) is 0 Å². The molecule has 0 spiro atoms. The van der Waals surface area contributed by atoms with Crippen molar-refractivity contribution in [1.29, 1.82) is 0 Å². The molecular formula is C43H29NOS. The quantitative estimate of drug-likeness (QED) is 0.199. The maximum Gasteiger partial charge on any atom is 0.136 e. The van der Waals surface area contributed by atoms with Crippen LogP contribution in [-0.2, 0) is 5.41 Å². The first-order valence-electron chi connectivity index (χ1n) is 15.9. The molecule has 2 aromatic heterocycles. The van der Waals surface area contributed by atoms with Crippen molar-refractivity contribution in [2.75, 3.05) is 4.90 Å². The summed E-state index contributed by atoms with van der Waals surface area (Å²) in [7, 11) is 0. The Kier molecular flexibility index (Phi) is 5.25. The van der Waals surface area contributed by atoms with Crippen molar-refractivity contribution in [2.24, 2.45) is 0 Å². The lowest BCUT2D eigenvalue weighted by Gasteiger charge is -2.30. The number of para-hydroxylation sites is 1. The first-order chi connectivity index (χ1) is 22.6. The molecule has 0 saturated carbocycles. The summed E-state index contributed by atoms with van der Waals surface area (Å²) in [6, 6.07) is 51.1. The molecular weight excluding hydrogens is 579 g/mol. The minimum absolute atomic E-state index is 0.0955. The van der Waals surface area contributed by atoms with Crippen LogP contribution in [0.2, 0.25) is 0 Å². The van der Waals surface area contributed by atoms with Crippen LogP contribution >= 0.6 is 11.3 Å². The molecule has 1 aliphatic rings. The Morgan fingerprint density at radius 3 is 2.20 bits per heavy atom. The number of hydrogen-bond acceptors (Lipinski definition) is 3. The van der Waals surface area contributed by atoms with Crippen LogP contribution in [-0.4, -0.2) is 0 Å². The summed E-state index contributed by atoms with van der Waals surface area (Å²) in [6.07, 6.45) is 0. The van der Waals surface area contributed by atoms with E-state index < -0.39 is 0 Å². The summed E-state index contributed by atoms with van der Waals surface area (Å²) in [6.45, 7) is 4.71. The number of thiophene rings is 1. The third kappa shape index (κ3) is 3.52. The summed E-state index contributed by atoms with van der Waals surface area (Å²) in [5.74, 6) is 0. The van der Waals surface area contributed by atoms with E-state index in [-0.39, 0.29) is 5.41 Å². The number of hydrogen-bond donors (Lipinski definition) is 0. The zero-order valence-corrected chi connectivity index (χ0v) is 26.4. The first-order valence-corrected chi connectivity index (χ1v) is 16.7. The topological polar surface area (TPSA) is 16.4 Å². The molecule has 0 atom stereocenters. The van der Waals surface area contributed by atoms with Gasteiger partial charge >= 0.3 is 0 Å². The van der Waals surface area contributed by atoms with Gasteiger partial charge in [-0.15, -0.1) is 11.3 Å². The lowest BCUT2D eigenvalue weighted by atomic mass is 9.82. The Hall–Kier alpha value is -5.38. The van der Waals surface area contributed by atoms with Crippen LogP contribution in [0.1, 0.15) is 25.0 Å². The minimum atomic E-state index is -0.0955. The lowest BCUT2D eigenvalue weighted by Crippen LogP contribution is -2.16. The van der Waals surface area contributed by atoms with E-state index in [4.69, 9.17) is 4.42 Å². The van der Waals surface area contributed by atoms with E-state index in [0.29, 0.717) is 0 Å². The molecule has 0 saturated heterocycles. The number of anilines is 3. The molecule has 9 aromatic rings. The van der Waals surface area contributed by atoms with Gasteiger partial charge in [0.05, 0.1) is 11.4 Å². The van der Waals surface area contributed by atoms with E-state index in [9.17, 15) is 0 Å². The molecule has 0 radical (unpaired) electrons. The molecule has 218 valence electrons. The van der Waals surface area contributed by atoms with E-state index in [0.717, 1.165) is 38.7 Å². The molecule has 1 aliphatic carbocycles. The standard InChI is InChI=1S/C43H29NOS/c1-43(2)34-15-6-3-14-30(34)42-35(43)16-10-18-37(42)44(27-21-22-41-33(24-27)29-13-5-8-20-40(29)46-41)36-17-9-11-26-23-39-32(25-31(26)36)28-12-4-7-19-38(28)45-39/h3-25H,1-2H3. The molecule has 0 bridgehead atoms. The van der Waals surface area contributed by atoms with Crippen molar-refractivity contribution in [2.45, 2.75) is 19.3 Å². The first kappa shape index (κ1) is 25.9. The fraction of sp³-hybridized carbons (Fsp3) is 0.0698. The molecule has 0 fully saturated rings. The van der Waals surface area contributed by atoms with Crippen LogP contribution in [0.15, 0.2) is 144 Å². The van der Waals surface area contributed by atoms with E-state index in [1.807, 2.05) is 17.4 Å². The third-order valence-corrected chi connectivity index (χ3v) is 11.2. The Morgan fingerprint density at radius 2 is 1.26 bits per heavy atom. The van der Waals surface area contributed by atoms with Gasteiger partial charge in [-0.05, 0) is 76.7 Å². The normalized spacial score (nSPS) is 13.6. The molecule has 0 aliphatic heterocycles. The second kappa shape index (κ2) is 9.32. The molecule has 0 unspecified atom stereocenters. The lowest BCUT2D eigenvalue weighted by molar-refractivity contribution is 0.660. The van der Waals surface area contributed by atoms with Gasteiger partial charge in [0, 0.05) is 53.0 Å². The molecule has 2 nitrogen and oxygen atoms in total. The summed E-state index contributed by atoms with van der Waals surface area (Å²) in [5.41, 5.74) is 10.6. The van der Waals surface area contributed by atoms with Crippen LogP contribution in [0, 0.1) is 0 Å². The van der Waals surface area contributed by atoms with Crippen molar-refractivity contribution < 1.29 is 4.42 Å². The summed E-state index contributed by atoms with van der Waals surface area (Å²) in [5, 5.41) is 7.23. The van der Waals surface area contributed by atoms with Crippen LogP contribution in [0.4, 0.5) is 17.1 Å². The minimum Gasteiger partial charge on any atom is -0.456 e. The number of fused-ring (bicyclic) bond motifs is 10. The summed E-state index contributed by atoms with van der Waals surface area (Å²) >= 11 is 1.86. The summed E-state index contributed by atoms with van der Waals surface area (Å²) < 4.78 is 8.94. The molecule has 7 aromatic carbocycles. The van der Waals surface area contributed by atoms with Gasteiger partial charge in [0.15, 0.2) is 0 Å². The van der Waals surface area contributed by atoms with Gasteiger partial charge in [0.1, 0.15) is 11.2 Å². The Labute approximate surface area is 270 Å². The fourth-order valence-corrected chi connectivity index (χ4v) is 8.94. The highest BCUT2D eigenvalue weighted by Gasteiger charge is 2.37. The third-order valence-electron chi connectivity index (χ3n) is 10.0. The van der Waals surface area contributed by atoms with Crippen LogP contribution < -0.4 is 4.90 Å². The Balaban J connectivity index is 1.32. The zero-order chi connectivity index (χ0) is 30.6.